The van der Waals surface area contributed by atoms with Gasteiger partial charge in [-0.25, -0.2) is 14.1 Å². The minimum atomic E-state index is -0.984. The highest BCUT2D eigenvalue weighted by Crippen LogP contribution is 2.53. The number of halogens is 1. The molecule has 6 atom stereocenters. The average molecular weight is 1090 g/mol. The number of likely N-dealkylation sites (tertiary alicyclic amines) is 1. The molecule has 0 unspecified atom stereocenters. The van der Waals surface area contributed by atoms with Crippen LogP contribution in [-0.4, -0.2) is 131 Å². The van der Waals surface area contributed by atoms with Crippen molar-refractivity contribution in [3.05, 3.63) is 112 Å². The summed E-state index contributed by atoms with van der Waals surface area (Å²) in [6.45, 7) is 10.7. The molecule has 3 aliphatic rings. The number of aromatic amines is 1. The van der Waals surface area contributed by atoms with Crippen LogP contribution in [0.25, 0.3) is 54.6 Å². The van der Waals surface area contributed by atoms with Gasteiger partial charge in [-0.1, -0.05) is 67.6 Å². The first-order chi connectivity index (χ1) is 38.3. The molecule has 0 bridgehead atoms. The van der Waals surface area contributed by atoms with E-state index in [0.717, 1.165) is 69.6 Å². The number of aliphatic hydroxyl groups excluding tert-OH is 2. The number of ether oxygens (including phenoxy) is 4. The molecule has 19 nitrogen and oxygen atoms in total. The molecule has 6 heterocycles. The van der Waals surface area contributed by atoms with Crippen molar-refractivity contribution in [1.82, 2.24) is 55.7 Å². The number of hydrogen-bond acceptors (Lipinski definition) is 16. The van der Waals surface area contributed by atoms with Gasteiger partial charge < -0.3 is 44.7 Å². The summed E-state index contributed by atoms with van der Waals surface area (Å²) < 4.78 is 42.9. The van der Waals surface area contributed by atoms with Gasteiger partial charge in [-0.3, -0.25) is 14.7 Å². The molecule has 1 aliphatic carbocycles. The van der Waals surface area contributed by atoms with E-state index in [1.165, 1.54) is 27.0 Å². The predicted octanol–water partition coefficient (Wildman–Crippen LogP) is 7.93. The minimum absolute atomic E-state index is 0.0379. The quantitative estimate of drug-likeness (QED) is 0.0487. The number of methoxy groups -OCH3 is 1. The molecule has 2 amide bonds. The van der Waals surface area contributed by atoms with Crippen LogP contribution in [0.15, 0.2) is 78.6 Å². The van der Waals surface area contributed by atoms with Gasteiger partial charge in [-0.2, -0.15) is 15.1 Å². The largest absolute Gasteiger partial charge is 0.486 e. The highest BCUT2D eigenvalue weighted by Gasteiger charge is 2.43. The SMILES string of the molecule is CO[C@@H](C)COc1nc(O[C@H]2CCNC2)c2cc(C3CC3)c(-c3c(C)c(F)cc4[nH]ncc34)c(OCc3ccc(-c4cn([C@H](C(=O)N5C[C@H](O)C[C@H]5C(=O)N[C@@H](CO)c5ccc(-c6scnc6C)cc5)C(C)C)nn4)cc3)c2n1. The second-order valence-electron chi connectivity index (χ2n) is 21.2. The Hall–Kier alpha value is -7.43. The van der Waals surface area contributed by atoms with E-state index >= 15 is 4.39 Å². The summed E-state index contributed by atoms with van der Waals surface area (Å²) in [6, 6.07) is 16.3. The highest BCUT2D eigenvalue weighted by atomic mass is 32.1. The lowest BCUT2D eigenvalue weighted by Crippen LogP contribution is -2.50. The van der Waals surface area contributed by atoms with Crippen molar-refractivity contribution in [1.29, 1.82) is 0 Å². The number of aromatic nitrogens is 8. The Bertz CT molecular complexity index is 3500. The molecular formula is C58H64FN11O8S. The number of nitrogens with zero attached hydrogens (tertiary/aromatic N) is 8. The Labute approximate surface area is 459 Å². The number of β-amino-alcohol motifs (C(OH)–C–C–N with tert-alkyl or cyclic N) is 1. The van der Waals surface area contributed by atoms with Gasteiger partial charge in [-0.15, -0.1) is 16.4 Å². The van der Waals surface area contributed by atoms with Gasteiger partial charge in [-0.05, 0) is 98.4 Å². The van der Waals surface area contributed by atoms with E-state index in [2.05, 4.69) is 42.2 Å². The fourth-order valence-corrected chi connectivity index (χ4v) is 11.5. The van der Waals surface area contributed by atoms with Crippen molar-refractivity contribution in [2.24, 2.45) is 5.92 Å². The van der Waals surface area contributed by atoms with E-state index in [1.807, 2.05) is 76.2 Å². The number of rotatable bonds is 20. The third kappa shape index (κ3) is 11.0. The maximum atomic E-state index is 16.0. The molecule has 4 aromatic carbocycles. The third-order valence-electron chi connectivity index (χ3n) is 15.3. The molecule has 79 heavy (non-hydrogen) atoms. The lowest BCUT2D eigenvalue weighted by molar-refractivity contribution is -0.142. The number of aliphatic hydroxyl groups is 2. The lowest BCUT2D eigenvalue weighted by atomic mass is 9.89. The number of hydrogen-bond donors (Lipinski definition) is 5. The molecule has 21 heteroatoms. The Morgan fingerprint density at radius 2 is 1.76 bits per heavy atom. The number of carbonyl (C=O) groups is 2. The number of H-pyrrole nitrogens is 1. The fourth-order valence-electron chi connectivity index (χ4n) is 10.7. The standard InChI is InChI=1S/C58H64FN11O8S/c1-30(2)52(57(74)69-24-39(72)19-48(69)55(73)63-47(26-71)37-13-15-38(16-14-37)54-33(5)61-29-79-54)70-25-46(67-68-70)36-9-7-34(8-10-36)28-76-53-50(49-32(4)44(59)21-45-43(49)23-62-66-45)41(35-11-12-35)20-42-51(53)64-58(77-27-31(3)75-6)65-56(42)78-40-17-18-60-22-40/h7-10,13-16,20-21,23,25,29-31,35,39-40,47-48,52,60,71-72H,11-12,17-19,22,24,26-28H2,1-6H3,(H,62,66)(H,63,73)/t31-,39+,40-,47-,48-,52-/m0/s1. The van der Waals surface area contributed by atoms with Crippen molar-refractivity contribution < 1.29 is 43.1 Å². The molecular weight excluding hydrogens is 1030 g/mol. The van der Waals surface area contributed by atoms with E-state index < -0.39 is 30.1 Å². The van der Waals surface area contributed by atoms with Crippen LogP contribution < -0.4 is 24.8 Å². The first-order valence-corrected chi connectivity index (χ1v) is 27.7. The normalized spacial score (nSPS) is 18.6. The van der Waals surface area contributed by atoms with Gasteiger partial charge in [0.05, 0.1) is 64.2 Å². The van der Waals surface area contributed by atoms with Crippen LogP contribution in [0.3, 0.4) is 0 Å². The van der Waals surface area contributed by atoms with Crippen molar-refractivity contribution in [3.8, 4) is 50.5 Å². The van der Waals surface area contributed by atoms with Gasteiger partial charge in [0, 0.05) is 48.7 Å². The second kappa shape index (κ2) is 22.7. The number of thiazole rings is 1. The first kappa shape index (κ1) is 53.6. The average Bonchev–Trinajstić information content (AvgIpc) is 4.25. The number of benzene rings is 4. The van der Waals surface area contributed by atoms with Crippen LogP contribution >= 0.6 is 11.3 Å². The van der Waals surface area contributed by atoms with Crippen molar-refractivity contribution in [2.45, 2.75) is 109 Å². The number of carbonyl (C=O) groups excluding carboxylic acids is 2. The van der Waals surface area contributed by atoms with Crippen molar-refractivity contribution in [2.75, 3.05) is 40.0 Å². The van der Waals surface area contributed by atoms with Crippen LogP contribution in [0.4, 0.5) is 4.39 Å². The molecule has 1 saturated carbocycles. The van der Waals surface area contributed by atoms with Gasteiger partial charge in [0.1, 0.15) is 48.4 Å². The first-order valence-electron chi connectivity index (χ1n) is 26.8. The van der Waals surface area contributed by atoms with E-state index in [-0.39, 0.29) is 74.6 Å². The summed E-state index contributed by atoms with van der Waals surface area (Å²) in [7, 11) is 1.61. The number of fused-ring (bicyclic) bond motifs is 2. The summed E-state index contributed by atoms with van der Waals surface area (Å²) in [5, 5.41) is 45.2. The molecule has 8 aromatic rings. The summed E-state index contributed by atoms with van der Waals surface area (Å²) in [6.07, 6.45) is 4.84. The van der Waals surface area contributed by atoms with Crippen LogP contribution in [0.2, 0.25) is 0 Å². The molecule has 2 saturated heterocycles. The Kier molecular flexibility index (Phi) is 15.4. The minimum Gasteiger partial charge on any atom is -0.486 e. The highest BCUT2D eigenvalue weighted by molar-refractivity contribution is 7.13. The second-order valence-corrected chi connectivity index (χ2v) is 22.1. The van der Waals surface area contributed by atoms with Gasteiger partial charge in [0.2, 0.25) is 17.7 Å². The molecule has 11 rings (SSSR count). The van der Waals surface area contributed by atoms with Gasteiger partial charge in [0.15, 0.2) is 5.75 Å². The summed E-state index contributed by atoms with van der Waals surface area (Å²) in [5.41, 5.74) is 10.2. The molecule has 3 fully saturated rings. The molecule has 412 valence electrons. The van der Waals surface area contributed by atoms with E-state index in [9.17, 15) is 19.8 Å². The zero-order valence-corrected chi connectivity index (χ0v) is 45.7. The molecule has 0 radical (unpaired) electrons. The maximum Gasteiger partial charge on any atom is 0.320 e. The molecule has 5 N–H and O–H groups in total. The van der Waals surface area contributed by atoms with Crippen LogP contribution in [-0.2, 0) is 20.9 Å². The Morgan fingerprint density at radius 1 is 0.975 bits per heavy atom. The number of nitrogens with one attached hydrogen (secondary N) is 3. The van der Waals surface area contributed by atoms with Crippen molar-refractivity contribution in [3.63, 3.8) is 0 Å². The molecule has 2 aliphatic heterocycles. The van der Waals surface area contributed by atoms with Gasteiger partial charge >= 0.3 is 6.01 Å². The third-order valence-corrected chi connectivity index (χ3v) is 16.2. The topological polar surface area (TPSA) is 237 Å². The van der Waals surface area contributed by atoms with Crippen LogP contribution in [0, 0.1) is 25.6 Å². The van der Waals surface area contributed by atoms with E-state index in [1.54, 1.807) is 31.9 Å². The smallest absolute Gasteiger partial charge is 0.320 e. The van der Waals surface area contributed by atoms with Crippen LogP contribution in [0.1, 0.15) is 92.4 Å². The summed E-state index contributed by atoms with van der Waals surface area (Å²) in [5.74, 6) is -0.556. The van der Waals surface area contributed by atoms with Crippen molar-refractivity contribution >= 4 is 45.0 Å². The van der Waals surface area contributed by atoms with E-state index in [4.69, 9.17) is 28.9 Å². The zero-order chi connectivity index (χ0) is 55.1. The Morgan fingerprint density at radius 3 is 2.46 bits per heavy atom. The lowest BCUT2D eigenvalue weighted by Gasteiger charge is -2.30. The monoisotopic (exact) mass is 1090 g/mol. The Balaban J connectivity index is 0.864. The molecule has 0 spiro atoms. The zero-order valence-electron chi connectivity index (χ0n) is 44.9. The molecule has 4 aromatic heterocycles. The fraction of sp³-hybridized carbons (Fsp3) is 0.414. The predicted molar refractivity (Wildman–Crippen MR) is 295 cm³/mol. The van der Waals surface area contributed by atoms with E-state index in [0.29, 0.717) is 57.0 Å². The maximum absolute atomic E-state index is 16.0. The number of aryl methyl sites for hydroxylation is 1. The summed E-state index contributed by atoms with van der Waals surface area (Å²) in [4.78, 5) is 45.2. The van der Waals surface area contributed by atoms with Crippen LogP contribution in [0.5, 0.6) is 17.6 Å². The van der Waals surface area contributed by atoms with Gasteiger partial charge in [0.25, 0.3) is 0 Å². The summed E-state index contributed by atoms with van der Waals surface area (Å²) >= 11 is 1.54. The number of amides is 2.